The Labute approximate surface area is 167 Å². The largest absolute Gasteiger partial charge is 0.463 e. The first-order valence-corrected chi connectivity index (χ1v) is 10.1. The van der Waals surface area contributed by atoms with Crippen LogP contribution in [0.15, 0.2) is 29.2 Å². The molecule has 0 aliphatic carbocycles. The minimum absolute atomic E-state index is 0.313. The Balaban J connectivity index is 3.29. The number of hydrogen-bond donors (Lipinski definition) is 3. The SMILES string of the molecule is CCOC(=O)[C@@](NNS(=O)(=O)c1ccc(C)cc1)(NC(=O)CC(C)C)C(F)(F)F. The topological polar surface area (TPSA) is 114 Å². The molecule has 0 saturated heterocycles. The molecule has 0 saturated carbocycles. The molecule has 8 nitrogen and oxygen atoms in total. The third kappa shape index (κ3) is 6.41. The van der Waals surface area contributed by atoms with E-state index in [1.165, 1.54) is 41.4 Å². The van der Waals surface area contributed by atoms with Gasteiger partial charge in [-0.05, 0) is 31.9 Å². The number of ether oxygens (including phenoxy) is 1. The van der Waals surface area contributed by atoms with Gasteiger partial charge in [0.15, 0.2) is 0 Å². The number of halogens is 3. The van der Waals surface area contributed by atoms with E-state index in [0.29, 0.717) is 0 Å². The third-order valence-corrected chi connectivity index (χ3v) is 4.90. The maximum absolute atomic E-state index is 13.9. The van der Waals surface area contributed by atoms with Gasteiger partial charge in [-0.25, -0.2) is 18.6 Å². The van der Waals surface area contributed by atoms with Gasteiger partial charge < -0.3 is 10.1 Å². The van der Waals surface area contributed by atoms with Crippen molar-refractivity contribution in [1.29, 1.82) is 0 Å². The standard InChI is InChI=1S/C17H24F3N3O5S/c1-5-28-15(25)16(17(18,19)20,21-14(24)10-11(2)3)22-23-29(26,27)13-8-6-12(4)7-9-13/h6-9,11,22-23H,5,10H2,1-4H3,(H,21,24)/t16-/m0/s1. The number of esters is 1. The van der Waals surface area contributed by atoms with E-state index in [0.717, 1.165) is 5.56 Å². The third-order valence-electron chi connectivity index (χ3n) is 3.63. The average Bonchev–Trinajstić information content (AvgIpc) is 2.57. The molecule has 0 aliphatic heterocycles. The van der Waals surface area contributed by atoms with Crippen molar-refractivity contribution in [3.05, 3.63) is 29.8 Å². The monoisotopic (exact) mass is 439 g/mol. The van der Waals surface area contributed by atoms with E-state index >= 15 is 0 Å². The predicted molar refractivity (Wildman–Crippen MR) is 97.7 cm³/mol. The van der Waals surface area contributed by atoms with Gasteiger partial charge in [0.25, 0.3) is 10.0 Å². The Morgan fingerprint density at radius 1 is 1.14 bits per heavy atom. The number of rotatable bonds is 9. The summed E-state index contributed by atoms with van der Waals surface area (Å²) in [5, 5.41) is 1.54. The van der Waals surface area contributed by atoms with Crippen molar-refractivity contribution in [2.75, 3.05) is 6.61 Å². The van der Waals surface area contributed by atoms with Crippen molar-refractivity contribution in [3.63, 3.8) is 0 Å². The molecule has 1 rings (SSSR count). The first-order valence-electron chi connectivity index (χ1n) is 8.65. The molecule has 3 N–H and O–H groups in total. The number of hydrazine groups is 1. The van der Waals surface area contributed by atoms with Gasteiger partial charge in [-0.15, -0.1) is 4.83 Å². The molecule has 29 heavy (non-hydrogen) atoms. The second-order valence-electron chi connectivity index (χ2n) is 6.66. The zero-order valence-electron chi connectivity index (χ0n) is 16.4. The second kappa shape index (κ2) is 9.55. The van der Waals surface area contributed by atoms with Gasteiger partial charge in [0.05, 0.1) is 11.5 Å². The molecule has 1 aromatic carbocycles. The van der Waals surface area contributed by atoms with Crippen LogP contribution in [0.1, 0.15) is 32.8 Å². The molecule has 0 heterocycles. The summed E-state index contributed by atoms with van der Waals surface area (Å²) in [7, 11) is -4.50. The van der Waals surface area contributed by atoms with Crippen LogP contribution >= 0.6 is 0 Å². The molecule has 0 unspecified atom stereocenters. The van der Waals surface area contributed by atoms with Crippen molar-refractivity contribution < 1.29 is 35.9 Å². The average molecular weight is 439 g/mol. The first-order chi connectivity index (χ1) is 13.2. The summed E-state index contributed by atoms with van der Waals surface area (Å²) >= 11 is 0. The molecular formula is C17H24F3N3O5S. The number of benzene rings is 1. The van der Waals surface area contributed by atoms with Crippen LogP contribution in [0.25, 0.3) is 0 Å². The number of carbonyl (C=O) groups is 2. The number of nitrogens with one attached hydrogen (secondary N) is 3. The molecule has 0 spiro atoms. The smallest absolute Gasteiger partial charge is 0.437 e. The summed E-state index contributed by atoms with van der Waals surface area (Å²) in [6.45, 7) is 5.72. The molecule has 1 amide bonds. The minimum Gasteiger partial charge on any atom is -0.463 e. The summed E-state index contributed by atoms with van der Waals surface area (Å²) in [5.74, 6) is -3.34. The predicted octanol–water partition coefficient (Wildman–Crippen LogP) is 1.76. The molecule has 0 bridgehead atoms. The van der Waals surface area contributed by atoms with Gasteiger partial charge in [0.2, 0.25) is 5.91 Å². The van der Waals surface area contributed by atoms with Crippen molar-refractivity contribution in [3.8, 4) is 0 Å². The van der Waals surface area contributed by atoms with Crippen LogP contribution in [0.5, 0.6) is 0 Å². The number of aryl methyl sites for hydroxylation is 1. The van der Waals surface area contributed by atoms with Crippen LogP contribution in [0, 0.1) is 12.8 Å². The van der Waals surface area contributed by atoms with E-state index in [1.54, 1.807) is 26.1 Å². The second-order valence-corrected chi connectivity index (χ2v) is 8.34. The van der Waals surface area contributed by atoms with Crippen molar-refractivity contribution in [2.45, 2.75) is 50.9 Å². The molecule has 1 aromatic rings. The van der Waals surface area contributed by atoms with E-state index in [1.807, 2.05) is 0 Å². The molecule has 164 valence electrons. The quantitative estimate of drug-likeness (QED) is 0.307. The molecular weight excluding hydrogens is 415 g/mol. The van der Waals surface area contributed by atoms with Crippen molar-refractivity contribution in [2.24, 2.45) is 5.92 Å². The van der Waals surface area contributed by atoms with Gasteiger partial charge >= 0.3 is 17.8 Å². The molecule has 1 atom stereocenters. The summed E-state index contributed by atoms with van der Waals surface area (Å²) in [4.78, 5) is 25.4. The maximum atomic E-state index is 13.9. The lowest BCUT2D eigenvalue weighted by atomic mass is 10.1. The summed E-state index contributed by atoms with van der Waals surface area (Å²) in [5.41, 5.74) is -1.64. The highest BCUT2D eigenvalue weighted by atomic mass is 32.2. The van der Waals surface area contributed by atoms with Crippen molar-refractivity contribution in [1.82, 2.24) is 15.6 Å². The molecule has 0 aliphatic rings. The Kier molecular flexibility index (Phi) is 8.18. The van der Waals surface area contributed by atoms with Crippen molar-refractivity contribution >= 4 is 21.9 Å². The normalized spacial score (nSPS) is 14.3. The van der Waals surface area contributed by atoms with Crippen LogP contribution in [0.2, 0.25) is 0 Å². The zero-order valence-corrected chi connectivity index (χ0v) is 17.2. The first kappa shape index (κ1) is 24.9. The fourth-order valence-corrected chi connectivity index (χ4v) is 3.08. The lowest BCUT2D eigenvalue weighted by Gasteiger charge is -2.34. The number of alkyl halides is 3. The van der Waals surface area contributed by atoms with E-state index in [4.69, 9.17) is 0 Å². The Morgan fingerprint density at radius 2 is 1.69 bits per heavy atom. The summed E-state index contributed by atoms with van der Waals surface area (Å²) < 4.78 is 70.8. The van der Waals surface area contributed by atoms with Crippen LogP contribution in [0.3, 0.4) is 0 Å². The molecule has 0 fully saturated rings. The van der Waals surface area contributed by atoms with E-state index in [-0.39, 0.29) is 17.2 Å². The maximum Gasteiger partial charge on any atom is 0.437 e. The highest BCUT2D eigenvalue weighted by Gasteiger charge is 2.63. The van der Waals surface area contributed by atoms with Crippen LogP contribution in [-0.4, -0.2) is 38.7 Å². The number of carbonyl (C=O) groups excluding carboxylic acids is 2. The lowest BCUT2D eigenvalue weighted by molar-refractivity contribution is -0.223. The zero-order chi connectivity index (χ0) is 22.5. The van der Waals surface area contributed by atoms with Gasteiger partial charge in [0, 0.05) is 6.42 Å². The molecule has 0 aromatic heterocycles. The Morgan fingerprint density at radius 3 is 2.14 bits per heavy atom. The van der Waals surface area contributed by atoms with Gasteiger partial charge in [-0.1, -0.05) is 31.5 Å². The lowest BCUT2D eigenvalue weighted by Crippen LogP contribution is -2.75. The van der Waals surface area contributed by atoms with Crippen LogP contribution < -0.4 is 15.6 Å². The highest BCUT2D eigenvalue weighted by Crippen LogP contribution is 2.30. The van der Waals surface area contributed by atoms with Gasteiger partial charge in [0.1, 0.15) is 0 Å². The van der Waals surface area contributed by atoms with Crippen LogP contribution in [-0.2, 0) is 24.3 Å². The number of amides is 1. The van der Waals surface area contributed by atoms with E-state index < -0.39 is 40.3 Å². The van der Waals surface area contributed by atoms with Gasteiger partial charge in [-0.3, -0.25) is 4.79 Å². The summed E-state index contributed by atoms with van der Waals surface area (Å²) in [6.07, 6.45) is -5.76. The number of sulfonamides is 1. The Hall–Kier alpha value is -2.18. The Bertz CT molecular complexity index is 826. The van der Waals surface area contributed by atoms with Gasteiger partial charge in [-0.2, -0.15) is 13.2 Å². The van der Waals surface area contributed by atoms with E-state index in [2.05, 4.69) is 4.74 Å². The molecule has 0 radical (unpaired) electrons. The number of hydrogen-bond acceptors (Lipinski definition) is 6. The van der Waals surface area contributed by atoms with Crippen LogP contribution in [0.4, 0.5) is 13.2 Å². The fraction of sp³-hybridized carbons (Fsp3) is 0.529. The van der Waals surface area contributed by atoms with E-state index in [9.17, 15) is 31.2 Å². The summed E-state index contributed by atoms with van der Waals surface area (Å²) in [6, 6.07) is 5.25. The molecule has 12 heteroatoms. The minimum atomic E-state index is -5.43. The highest BCUT2D eigenvalue weighted by molar-refractivity contribution is 7.89. The fourth-order valence-electron chi connectivity index (χ4n) is 2.18.